The van der Waals surface area contributed by atoms with E-state index in [1.807, 2.05) is 0 Å². The van der Waals surface area contributed by atoms with Crippen LogP contribution in [0.1, 0.15) is 22.8 Å². The second kappa shape index (κ2) is 8.23. The lowest BCUT2D eigenvalue weighted by Crippen LogP contribution is -2.37. The van der Waals surface area contributed by atoms with E-state index in [9.17, 15) is 22.8 Å². The van der Waals surface area contributed by atoms with Crippen LogP contribution in [-0.2, 0) is 11.0 Å². The first-order valence-corrected chi connectivity index (χ1v) is 8.06. The Balaban J connectivity index is 2.02. The number of alkyl halides is 3. The summed E-state index contributed by atoms with van der Waals surface area (Å²) in [6.07, 6.45) is -4.44. The number of anilines is 1. The number of halogens is 4. The standard InChI is InChI=1S/C18H16ClF3N2O2/c1-12(25)24(14-8-6-13(7-9-14)18(20,21)22)11-10-23-17(26)15-4-2-3-5-16(15)19/h2-9H,10-11H2,1H3,(H,23,26). The van der Waals surface area contributed by atoms with Gasteiger partial charge in [-0.05, 0) is 36.4 Å². The van der Waals surface area contributed by atoms with E-state index in [-0.39, 0.29) is 19.0 Å². The largest absolute Gasteiger partial charge is 0.416 e. The van der Waals surface area contributed by atoms with Crippen LogP contribution in [-0.4, -0.2) is 24.9 Å². The fourth-order valence-electron chi connectivity index (χ4n) is 2.32. The number of amides is 2. The van der Waals surface area contributed by atoms with Crippen molar-refractivity contribution in [1.29, 1.82) is 0 Å². The Bertz CT molecular complexity index is 792. The van der Waals surface area contributed by atoms with Gasteiger partial charge in [0.2, 0.25) is 5.91 Å². The average molecular weight is 385 g/mol. The van der Waals surface area contributed by atoms with Gasteiger partial charge in [0.25, 0.3) is 5.91 Å². The van der Waals surface area contributed by atoms with E-state index in [2.05, 4.69) is 5.32 Å². The Morgan fingerprint density at radius 3 is 2.23 bits per heavy atom. The molecule has 2 amide bonds. The second-order valence-corrected chi connectivity index (χ2v) is 5.86. The first-order valence-electron chi connectivity index (χ1n) is 7.68. The maximum Gasteiger partial charge on any atom is 0.416 e. The highest BCUT2D eigenvalue weighted by Gasteiger charge is 2.30. The molecule has 26 heavy (non-hydrogen) atoms. The molecular weight excluding hydrogens is 369 g/mol. The molecule has 8 heteroatoms. The molecule has 0 aliphatic heterocycles. The fourth-order valence-corrected chi connectivity index (χ4v) is 2.54. The molecule has 0 heterocycles. The van der Waals surface area contributed by atoms with Gasteiger partial charge in [-0.3, -0.25) is 9.59 Å². The van der Waals surface area contributed by atoms with Gasteiger partial charge in [0.05, 0.1) is 16.1 Å². The van der Waals surface area contributed by atoms with Gasteiger partial charge < -0.3 is 10.2 Å². The molecule has 2 aromatic rings. The molecule has 0 unspecified atom stereocenters. The highest BCUT2D eigenvalue weighted by atomic mass is 35.5. The number of benzene rings is 2. The molecule has 138 valence electrons. The molecule has 0 saturated heterocycles. The molecule has 0 spiro atoms. The van der Waals surface area contributed by atoms with Crippen molar-refractivity contribution in [2.75, 3.05) is 18.0 Å². The molecular formula is C18H16ClF3N2O2. The molecule has 0 fully saturated rings. The molecule has 0 saturated carbocycles. The maximum absolute atomic E-state index is 12.6. The normalized spacial score (nSPS) is 11.1. The predicted octanol–water partition coefficient (Wildman–Crippen LogP) is 4.14. The number of carbonyl (C=O) groups is 2. The molecule has 2 rings (SSSR count). The van der Waals surface area contributed by atoms with Crippen LogP contribution in [0.3, 0.4) is 0 Å². The molecule has 0 aliphatic carbocycles. The summed E-state index contributed by atoms with van der Waals surface area (Å²) in [5, 5.41) is 2.94. The zero-order chi connectivity index (χ0) is 19.3. The smallest absolute Gasteiger partial charge is 0.350 e. The Kier molecular flexibility index (Phi) is 6.26. The van der Waals surface area contributed by atoms with Crippen LogP contribution in [0.5, 0.6) is 0 Å². The number of hydrogen-bond acceptors (Lipinski definition) is 2. The fraction of sp³-hybridized carbons (Fsp3) is 0.222. The van der Waals surface area contributed by atoms with Crippen LogP contribution in [0.4, 0.5) is 18.9 Å². The van der Waals surface area contributed by atoms with Gasteiger partial charge >= 0.3 is 6.18 Å². The van der Waals surface area contributed by atoms with Gasteiger partial charge in [-0.2, -0.15) is 13.2 Å². The van der Waals surface area contributed by atoms with Crippen molar-refractivity contribution >= 4 is 29.1 Å². The Hall–Kier alpha value is -2.54. The van der Waals surface area contributed by atoms with Gasteiger partial charge in [-0.15, -0.1) is 0 Å². The first-order chi connectivity index (χ1) is 12.2. The predicted molar refractivity (Wildman–Crippen MR) is 93.3 cm³/mol. The number of nitrogens with zero attached hydrogens (tertiary/aromatic N) is 1. The first kappa shape index (κ1) is 19.8. The van der Waals surface area contributed by atoms with Gasteiger partial charge in [-0.1, -0.05) is 23.7 Å². The van der Waals surface area contributed by atoms with Crippen molar-refractivity contribution in [2.45, 2.75) is 13.1 Å². The van der Waals surface area contributed by atoms with Crippen LogP contribution >= 0.6 is 11.6 Å². The monoisotopic (exact) mass is 384 g/mol. The van der Waals surface area contributed by atoms with Crippen molar-refractivity contribution < 1.29 is 22.8 Å². The van der Waals surface area contributed by atoms with Crippen molar-refractivity contribution in [3.05, 3.63) is 64.7 Å². The van der Waals surface area contributed by atoms with Gasteiger partial charge in [0.1, 0.15) is 0 Å². The zero-order valence-electron chi connectivity index (χ0n) is 13.8. The third-order valence-electron chi connectivity index (χ3n) is 3.63. The van der Waals surface area contributed by atoms with E-state index in [1.54, 1.807) is 24.3 Å². The lowest BCUT2D eigenvalue weighted by atomic mass is 10.2. The van der Waals surface area contributed by atoms with E-state index in [4.69, 9.17) is 11.6 Å². The summed E-state index contributed by atoms with van der Waals surface area (Å²) < 4.78 is 37.9. The summed E-state index contributed by atoms with van der Waals surface area (Å²) >= 11 is 5.94. The number of rotatable bonds is 5. The van der Waals surface area contributed by atoms with Crippen LogP contribution in [0, 0.1) is 0 Å². The van der Waals surface area contributed by atoms with Gasteiger partial charge in [-0.25, -0.2) is 0 Å². The van der Waals surface area contributed by atoms with Crippen molar-refractivity contribution in [3.63, 3.8) is 0 Å². The van der Waals surface area contributed by atoms with Crippen LogP contribution in [0.15, 0.2) is 48.5 Å². The number of nitrogens with one attached hydrogen (secondary N) is 1. The van der Waals surface area contributed by atoms with Crippen molar-refractivity contribution in [3.8, 4) is 0 Å². The zero-order valence-corrected chi connectivity index (χ0v) is 14.6. The van der Waals surface area contributed by atoms with Gasteiger partial charge in [0, 0.05) is 25.7 Å². The Labute approximate surface area is 153 Å². The molecule has 2 aromatic carbocycles. The van der Waals surface area contributed by atoms with Crippen molar-refractivity contribution in [1.82, 2.24) is 5.32 Å². The Morgan fingerprint density at radius 1 is 1.08 bits per heavy atom. The highest BCUT2D eigenvalue weighted by Crippen LogP contribution is 2.30. The van der Waals surface area contributed by atoms with Crippen LogP contribution in [0.25, 0.3) is 0 Å². The van der Waals surface area contributed by atoms with Gasteiger partial charge in [0.15, 0.2) is 0 Å². The minimum absolute atomic E-state index is 0.108. The van der Waals surface area contributed by atoms with Crippen LogP contribution in [0.2, 0.25) is 5.02 Å². The van der Waals surface area contributed by atoms with Crippen molar-refractivity contribution in [2.24, 2.45) is 0 Å². The molecule has 0 atom stereocenters. The summed E-state index contributed by atoms with van der Waals surface area (Å²) in [4.78, 5) is 25.2. The van der Waals surface area contributed by atoms with E-state index in [0.29, 0.717) is 16.3 Å². The summed E-state index contributed by atoms with van der Waals surface area (Å²) in [5.74, 6) is -0.747. The quantitative estimate of drug-likeness (QED) is 0.842. The van der Waals surface area contributed by atoms with E-state index in [1.165, 1.54) is 24.0 Å². The Morgan fingerprint density at radius 2 is 1.69 bits per heavy atom. The van der Waals surface area contributed by atoms with E-state index in [0.717, 1.165) is 12.1 Å². The average Bonchev–Trinajstić information content (AvgIpc) is 2.58. The molecule has 0 bridgehead atoms. The van der Waals surface area contributed by atoms with Crippen LogP contribution < -0.4 is 10.2 Å². The molecule has 0 radical (unpaired) electrons. The second-order valence-electron chi connectivity index (χ2n) is 5.45. The number of carbonyl (C=O) groups excluding carboxylic acids is 2. The molecule has 0 aliphatic rings. The SMILES string of the molecule is CC(=O)N(CCNC(=O)c1ccccc1Cl)c1ccc(C(F)(F)F)cc1. The van der Waals surface area contributed by atoms with E-state index >= 15 is 0 Å². The maximum atomic E-state index is 12.6. The lowest BCUT2D eigenvalue weighted by molar-refractivity contribution is -0.137. The molecule has 0 aromatic heterocycles. The third-order valence-corrected chi connectivity index (χ3v) is 3.96. The topological polar surface area (TPSA) is 49.4 Å². The van der Waals surface area contributed by atoms with E-state index < -0.39 is 17.6 Å². The third kappa shape index (κ3) is 4.98. The highest BCUT2D eigenvalue weighted by molar-refractivity contribution is 6.33. The minimum Gasteiger partial charge on any atom is -0.350 e. The minimum atomic E-state index is -4.44. The lowest BCUT2D eigenvalue weighted by Gasteiger charge is -2.22. The molecule has 1 N–H and O–H groups in total. The summed E-state index contributed by atoms with van der Waals surface area (Å²) in [6.45, 7) is 1.52. The summed E-state index contributed by atoms with van der Waals surface area (Å²) in [5.41, 5.74) is -0.174. The summed E-state index contributed by atoms with van der Waals surface area (Å²) in [6, 6.07) is 10.8. The summed E-state index contributed by atoms with van der Waals surface area (Å²) in [7, 11) is 0. The molecule has 4 nitrogen and oxygen atoms in total. The number of hydrogen-bond donors (Lipinski definition) is 1.